The highest BCUT2D eigenvalue weighted by atomic mass is 31.2. The van der Waals surface area contributed by atoms with E-state index in [0.29, 0.717) is 25.9 Å². The van der Waals surface area contributed by atoms with Gasteiger partial charge in [0.2, 0.25) is 19.2 Å². The summed E-state index contributed by atoms with van der Waals surface area (Å²) in [6.45, 7) is 11.6. The molecule has 7 atom stereocenters. The molecule has 5 rings (SSSR count). The first-order chi connectivity index (χ1) is 22.0. The zero-order valence-corrected chi connectivity index (χ0v) is 29.4. The monoisotopic (exact) mass is 674 g/mol. The van der Waals surface area contributed by atoms with Crippen LogP contribution >= 0.6 is 7.37 Å². The fourth-order valence-corrected chi connectivity index (χ4v) is 9.13. The molecule has 12 nitrogen and oxygen atoms in total. The highest BCUT2D eigenvalue weighted by Gasteiger charge is 2.64. The molecule has 1 saturated heterocycles. The molecule has 3 N–H and O–H groups in total. The van der Waals surface area contributed by atoms with E-state index in [0.717, 1.165) is 36.8 Å². The number of nitrogens with zero attached hydrogens (tertiary/aromatic N) is 2. The number of carbonyl (C=O) groups excluding carboxylic acids is 4. The zero-order valence-electron chi connectivity index (χ0n) is 28.5. The van der Waals surface area contributed by atoms with Gasteiger partial charge in [0.25, 0.3) is 0 Å². The maximum atomic E-state index is 14.3. The third-order valence-electron chi connectivity index (χ3n) is 10.4. The summed E-state index contributed by atoms with van der Waals surface area (Å²) in [5.41, 5.74) is 2.66. The van der Waals surface area contributed by atoms with Crippen molar-refractivity contribution in [2.45, 2.75) is 116 Å². The van der Waals surface area contributed by atoms with E-state index in [2.05, 4.69) is 16.7 Å². The molecule has 3 heterocycles. The Kier molecular flexibility index (Phi) is 10.1. The summed E-state index contributed by atoms with van der Waals surface area (Å²) in [5.74, 6) is -1.14. The van der Waals surface area contributed by atoms with E-state index in [-0.39, 0.29) is 31.4 Å². The Labute approximate surface area is 277 Å². The average molecular weight is 675 g/mol. The summed E-state index contributed by atoms with van der Waals surface area (Å²) in [6.07, 6.45) is 2.61. The fourth-order valence-electron chi connectivity index (χ4n) is 7.39. The predicted octanol–water partition coefficient (Wildman–Crippen LogP) is 4.75. The van der Waals surface area contributed by atoms with Gasteiger partial charge in [0.05, 0.1) is 13.2 Å². The molecule has 1 aliphatic carbocycles. The van der Waals surface area contributed by atoms with Crippen LogP contribution in [0.4, 0.5) is 9.59 Å². The highest BCUT2D eigenvalue weighted by molar-refractivity contribution is 7.59. The molecular weight excluding hydrogens is 623 g/mol. The van der Waals surface area contributed by atoms with Crippen molar-refractivity contribution in [1.82, 2.24) is 20.4 Å². The third-order valence-corrected chi connectivity index (χ3v) is 12.5. The summed E-state index contributed by atoms with van der Waals surface area (Å²) in [5, 5.41) is 4.33. The molecule has 0 spiro atoms. The quantitative estimate of drug-likeness (QED) is 0.387. The molecule has 1 saturated carbocycles. The van der Waals surface area contributed by atoms with E-state index < -0.39 is 60.3 Å². The van der Waals surface area contributed by atoms with E-state index >= 15 is 0 Å². The van der Waals surface area contributed by atoms with Gasteiger partial charge in [-0.1, -0.05) is 65.7 Å². The van der Waals surface area contributed by atoms with Gasteiger partial charge in [0.15, 0.2) is 0 Å². The lowest BCUT2D eigenvalue weighted by Gasteiger charge is -2.35. The van der Waals surface area contributed by atoms with Gasteiger partial charge in [0.1, 0.15) is 23.5 Å². The minimum Gasteiger partial charge on any atom is -0.449 e. The number of fused-ring (bicyclic) bond motifs is 3. The van der Waals surface area contributed by atoms with Crippen LogP contribution in [0.1, 0.15) is 89.8 Å². The van der Waals surface area contributed by atoms with Crippen LogP contribution in [-0.2, 0) is 43.1 Å². The molecule has 4 bridgehead atoms. The van der Waals surface area contributed by atoms with Crippen molar-refractivity contribution in [3.63, 3.8) is 0 Å². The van der Waals surface area contributed by atoms with Crippen molar-refractivity contribution in [2.75, 3.05) is 19.8 Å². The largest absolute Gasteiger partial charge is 0.449 e. The molecule has 4 aliphatic rings. The SMILES string of the molecule is CC[C@H]1C[C@]1(NC(=O)[C@@H]1C[C@@H]2CN1C(=O)[C@H](C(C)(C)C)NC(=O)OC[C@H](C)CCCCc1cccc3c1CN(C3)C(=O)O2)P(C)(=O)O. The van der Waals surface area contributed by atoms with Crippen molar-refractivity contribution in [3.8, 4) is 0 Å². The standard InChI is InChI=1S/C34H51N4O8P/c1-7-24-16-34(24,47(6,43)44)36-29(39)27-15-25-18-38(27)30(40)28(33(3,4)5)35-31(41)45-20-21(2)11-8-9-12-22-13-10-14-23-17-37(19-26(22)23)32(42)46-25/h10,13-14,21,24-25,27-28H,7-9,11-12,15-20H2,1-6H3,(H,35,41)(H,36,39)(H,43,44)/t21-,24+,25-,27+,28-,34+/m1/s1. The first-order valence-electron chi connectivity index (χ1n) is 17.0. The van der Waals surface area contributed by atoms with Crippen LogP contribution in [0.25, 0.3) is 0 Å². The number of rotatable bonds is 4. The Morgan fingerprint density at radius 1 is 1.17 bits per heavy atom. The van der Waals surface area contributed by atoms with Gasteiger partial charge in [-0.3, -0.25) is 19.1 Å². The minimum absolute atomic E-state index is 0.0144. The number of amides is 4. The van der Waals surface area contributed by atoms with Crippen LogP contribution in [0.3, 0.4) is 0 Å². The Hall–Kier alpha value is -3.11. The molecule has 2 fully saturated rings. The van der Waals surface area contributed by atoms with Crippen LogP contribution in [-0.4, -0.2) is 82.0 Å². The van der Waals surface area contributed by atoms with Crippen molar-refractivity contribution in [2.24, 2.45) is 17.3 Å². The maximum absolute atomic E-state index is 14.3. The van der Waals surface area contributed by atoms with E-state index in [9.17, 15) is 28.6 Å². The average Bonchev–Trinajstić information content (AvgIpc) is 3.31. The Bertz CT molecular complexity index is 1440. The summed E-state index contributed by atoms with van der Waals surface area (Å²) in [6, 6.07) is 4.00. The summed E-state index contributed by atoms with van der Waals surface area (Å²) in [7, 11) is -3.74. The van der Waals surface area contributed by atoms with Crippen LogP contribution in [0, 0.1) is 17.3 Å². The number of ether oxygens (including phenoxy) is 2. The lowest BCUT2D eigenvalue weighted by Crippen LogP contribution is -2.58. The van der Waals surface area contributed by atoms with Gasteiger partial charge >= 0.3 is 12.2 Å². The first kappa shape index (κ1) is 35.2. The van der Waals surface area contributed by atoms with E-state index in [1.807, 2.05) is 46.8 Å². The molecule has 47 heavy (non-hydrogen) atoms. The molecule has 0 aromatic heterocycles. The van der Waals surface area contributed by atoms with Crippen molar-refractivity contribution in [3.05, 3.63) is 34.9 Å². The molecule has 1 aromatic carbocycles. The second-order valence-corrected chi connectivity index (χ2v) is 17.7. The molecule has 0 radical (unpaired) electrons. The number of carbonyl (C=O) groups is 4. The normalized spacial score (nSPS) is 31.7. The van der Waals surface area contributed by atoms with Crippen LogP contribution < -0.4 is 10.6 Å². The molecule has 1 aromatic rings. The van der Waals surface area contributed by atoms with Gasteiger partial charge in [-0.05, 0) is 59.6 Å². The summed E-state index contributed by atoms with van der Waals surface area (Å²) >= 11 is 0. The van der Waals surface area contributed by atoms with Crippen LogP contribution in [0.2, 0.25) is 0 Å². The summed E-state index contributed by atoms with van der Waals surface area (Å²) in [4.78, 5) is 68.4. The van der Waals surface area contributed by atoms with Crippen LogP contribution in [0.15, 0.2) is 18.2 Å². The number of hydrogen-bond donors (Lipinski definition) is 3. The highest BCUT2D eigenvalue weighted by Crippen LogP contribution is 2.68. The maximum Gasteiger partial charge on any atom is 0.410 e. The lowest BCUT2D eigenvalue weighted by atomic mass is 9.85. The lowest BCUT2D eigenvalue weighted by molar-refractivity contribution is -0.142. The van der Waals surface area contributed by atoms with Gasteiger partial charge in [-0.15, -0.1) is 0 Å². The van der Waals surface area contributed by atoms with Crippen LogP contribution in [0.5, 0.6) is 0 Å². The molecule has 13 heteroatoms. The van der Waals surface area contributed by atoms with Crippen molar-refractivity contribution >= 4 is 31.4 Å². The number of aryl methyl sites for hydroxylation is 1. The predicted molar refractivity (Wildman–Crippen MR) is 176 cm³/mol. The number of cyclic esters (lactones) is 1. The number of hydrogen-bond acceptors (Lipinski definition) is 7. The van der Waals surface area contributed by atoms with Gasteiger partial charge < -0.3 is 29.9 Å². The number of alkyl carbamates (subject to hydrolysis) is 1. The van der Waals surface area contributed by atoms with Gasteiger partial charge in [0, 0.05) is 26.2 Å². The van der Waals surface area contributed by atoms with E-state index in [4.69, 9.17) is 9.47 Å². The first-order valence-corrected chi connectivity index (χ1v) is 19.1. The molecule has 260 valence electrons. The van der Waals surface area contributed by atoms with Gasteiger partial charge in [-0.2, -0.15) is 0 Å². The van der Waals surface area contributed by atoms with E-state index in [1.54, 1.807) is 4.90 Å². The third kappa shape index (κ3) is 7.48. The zero-order chi connectivity index (χ0) is 34.3. The molecule has 1 unspecified atom stereocenters. The number of benzene rings is 1. The Morgan fingerprint density at radius 3 is 2.55 bits per heavy atom. The fraction of sp³-hybridized carbons (Fsp3) is 0.706. The smallest absolute Gasteiger partial charge is 0.410 e. The summed E-state index contributed by atoms with van der Waals surface area (Å²) < 4.78 is 24.5. The van der Waals surface area contributed by atoms with E-state index in [1.165, 1.54) is 17.1 Å². The topological polar surface area (TPSA) is 155 Å². The Balaban J connectivity index is 1.44. The van der Waals surface area contributed by atoms with Gasteiger partial charge in [-0.25, -0.2) is 9.59 Å². The second kappa shape index (κ2) is 13.4. The molecule has 4 amide bonds. The van der Waals surface area contributed by atoms with Crippen molar-refractivity contribution < 1.29 is 38.1 Å². The van der Waals surface area contributed by atoms with Crippen molar-refractivity contribution in [1.29, 1.82) is 0 Å². The minimum atomic E-state index is -3.74. The molecule has 3 aliphatic heterocycles. The molecular formula is C34H51N4O8P. The Morgan fingerprint density at radius 2 is 1.89 bits per heavy atom. The second-order valence-electron chi connectivity index (χ2n) is 15.2. The number of nitrogens with one attached hydrogen (secondary N) is 2.